The highest BCUT2D eigenvalue weighted by Gasteiger charge is 2.41. The topological polar surface area (TPSA) is 35.2 Å². The Morgan fingerprint density at radius 3 is 2.50 bits per heavy atom. The number of rotatable bonds is 7. The minimum atomic E-state index is -4.13. The molecular weight excluding hydrogens is 274 g/mol. The van der Waals surface area contributed by atoms with Gasteiger partial charge in [0.25, 0.3) is 0 Å². The summed E-state index contributed by atoms with van der Waals surface area (Å²) in [6.45, 7) is 2.36. The van der Waals surface area contributed by atoms with Crippen LogP contribution in [0.15, 0.2) is 18.2 Å². The fraction of sp³-hybridized carbons (Fsp3) is 0.571. The highest BCUT2D eigenvalue weighted by Crippen LogP contribution is 2.23. The molecule has 0 spiro atoms. The molecule has 1 rings (SSSR count). The predicted octanol–water partition coefficient (Wildman–Crippen LogP) is 3.09. The predicted molar refractivity (Wildman–Crippen MR) is 69.4 cm³/mol. The van der Waals surface area contributed by atoms with Crippen molar-refractivity contribution in [2.45, 2.75) is 38.7 Å². The molecule has 1 unspecified atom stereocenters. The van der Waals surface area contributed by atoms with Gasteiger partial charge in [-0.15, -0.1) is 0 Å². The number of ether oxygens (including phenoxy) is 1. The summed E-state index contributed by atoms with van der Waals surface area (Å²) in [4.78, 5) is 0. The lowest BCUT2D eigenvalue weighted by Crippen LogP contribution is -2.36. The third kappa shape index (κ3) is 5.09. The third-order valence-electron chi connectivity index (χ3n) is 2.93. The fourth-order valence-electron chi connectivity index (χ4n) is 1.77. The summed E-state index contributed by atoms with van der Waals surface area (Å²) >= 11 is 0. The zero-order chi connectivity index (χ0) is 15.3. The summed E-state index contributed by atoms with van der Waals surface area (Å²) in [5.74, 6) is -4.13. The maximum atomic E-state index is 12.6. The van der Waals surface area contributed by atoms with Gasteiger partial charge in [-0.3, -0.25) is 0 Å². The van der Waals surface area contributed by atoms with Crippen molar-refractivity contribution in [2.24, 2.45) is 5.73 Å². The molecule has 0 fully saturated rings. The molecule has 20 heavy (non-hydrogen) atoms. The smallest absolute Gasteiger partial charge is 0.330 e. The van der Waals surface area contributed by atoms with Crippen molar-refractivity contribution in [3.63, 3.8) is 0 Å². The molecule has 0 aliphatic carbocycles. The van der Waals surface area contributed by atoms with E-state index < -0.39 is 25.0 Å². The molecule has 0 amide bonds. The Bertz CT molecular complexity index is 437. The van der Waals surface area contributed by atoms with Gasteiger partial charge in [0.2, 0.25) is 0 Å². The van der Waals surface area contributed by atoms with Gasteiger partial charge < -0.3 is 10.5 Å². The first kappa shape index (κ1) is 16.9. The lowest BCUT2D eigenvalue weighted by molar-refractivity contribution is -0.166. The number of hydrogen-bond acceptors (Lipinski definition) is 2. The molecule has 1 aromatic rings. The van der Waals surface area contributed by atoms with Crippen molar-refractivity contribution in [3.8, 4) is 0 Å². The Labute approximate surface area is 115 Å². The summed E-state index contributed by atoms with van der Waals surface area (Å²) in [5, 5.41) is 0. The molecular formula is C14H19F4NO. The molecule has 0 aromatic heterocycles. The van der Waals surface area contributed by atoms with Crippen LogP contribution in [0.4, 0.5) is 17.6 Å². The van der Waals surface area contributed by atoms with Crippen LogP contribution in [0.2, 0.25) is 0 Å². The molecule has 0 radical (unpaired) electrons. The van der Waals surface area contributed by atoms with Crippen LogP contribution in [0.25, 0.3) is 0 Å². The van der Waals surface area contributed by atoms with E-state index in [1.807, 2.05) is 32.0 Å². The molecule has 2 nitrogen and oxygen atoms in total. The van der Waals surface area contributed by atoms with Gasteiger partial charge in [0, 0.05) is 6.04 Å². The van der Waals surface area contributed by atoms with Gasteiger partial charge >= 0.3 is 12.3 Å². The standard InChI is InChI=1S/C14H19F4NO/c1-9-3-4-10(2)11(5-9)6-12(19)7-20-8-14(17,18)13(15)16/h3-5,12-13H,6-8,19H2,1-2H3. The Balaban J connectivity index is 2.44. The van der Waals surface area contributed by atoms with Gasteiger partial charge in [0.15, 0.2) is 0 Å². The zero-order valence-electron chi connectivity index (χ0n) is 11.5. The first-order valence-electron chi connectivity index (χ1n) is 6.28. The van der Waals surface area contributed by atoms with Crippen molar-refractivity contribution in [1.29, 1.82) is 0 Å². The summed E-state index contributed by atoms with van der Waals surface area (Å²) in [6, 6.07) is 5.36. The number of alkyl halides is 4. The van der Waals surface area contributed by atoms with Gasteiger partial charge in [0.05, 0.1) is 6.61 Å². The largest absolute Gasteiger partial charge is 0.373 e. The minimum Gasteiger partial charge on any atom is -0.373 e. The van der Waals surface area contributed by atoms with E-state index in [9.17, 15) is 17.6 Å². The molecule has 0 aliphatic heterocycles. The van der Waals surface area contributed by atoms with E-state index in [2.05, 4.69) is 4.74 Å². The Hall–Kier alpha value is -1.14. The average Bonchev–Trinajstić information content (AvgIpc) is 2.33. The van der Waals surface area contributed by atoms with Crippen LogP contribution in [0.5, 0.6) is 0 Å². The Kier molecular flexibility index (Phi) is 5.95. The normalized spacial score (nSPS) is 13.8. The molecule has 6 heteroatoms. The Morgan fingerprint density at radius 1 is 1.25 bits per heavy atom. The second kappa shape index (κ2) is 7.04. The number of aryl methyl sites for hydroxylation is 2. The van der Waals surface area contributed by atoms with E-state index in [4.69, 9.17) is 5.73 Å². The lowest BCUT2D eigenvalue weighted by atomic mass is 10.00. The second-order valence-electron chi connectivity index (χ2n) is 4.97. The van der Waals surface area contributed by atoms with Gasteiger partial charge in [-0.2, -0.15) is 8.78 Å². The average molecular weight is 293 g/mol. The van der Waals surface area contributed by atoms with Crippen LogP contribution in [0, 0.1) is 13.8 Å². The number of benzene rings is 1. The van der Waals surface area contributed by atoms with Crippen molar-refractivity contribution in [2.75, 3.05) is 13.2 Å². The van der Waals surface area contributed by atoms with E-state index in [-0.39, 0.29) is 6.61 Å². The minimum absolute atomic E-state index is 0.185. The highest BCUT2D eigenvalue weighted by atomic mass is 19.3. The van der Waals surface area contributed by atoms with Gasteiger partial charge in [0.1, 0.15) is 6.61 Å². The summed E-state index contributed by atoms with van der Waals surface area (Å²) in [7, 11) is 0. The SMILES string of the molecule is Cc1ccc(C)c(CC(N)COCC(F)(F)C(F)F)c1. The van der Waals surface area contributed by atoms with Crippen LogP contribution in [-0.2, 0) is 11.2 Å². The number of hydrogen-bond donors (Lipinski definition) is 1. The second-order valence-corrected chi connectivity index (χ2v) is 4.97. The molecule has 1 atom stereocenters. The van der Waals surface area contributed by atoms with Crippen LogP contribution < -0.4 is 5.73 Å². The van der Waals surface area contributed by atoms with Crippen molar-refractivity contribution >= 4 is 0 Å². The van der Waals surface area contributed by atoms with Crippen LogP contribution >= 0.6 is 0 Å². The summed E-state index contributed by atoms with van der Waals surface area (Å²) < 4.78 is 53.7. The van der Waals surface area contributed by atoms with E-state index in [1.54, 1.807) is 0 Å². The highest BCUT2D eigenvalue weighted by molar-refractivity contribution is 5.31. The summed E-state index contributed by atoms with van der Waals surface area (Å²) in [6.07, 6.45) is -3.27. The van der Waals surface area contributed by atoms with Crippen LogP contribution in [-0.4, -0.2) is 31.6 Å². The van der Waals surface area contributed by atoms with E-state index in [0.29, 0.717) is 6.42 Å². The first-order valence-corrected chi connectivity index (χ1v) is 6.28. The van der Waals surface area contributed by atoms with E-state index >= 15 is 0 Å². The van der Waals surface area contributed by atoms with Gasteiger partial charge in [-0.25, -0.2) is 8.78 Å². The molecule has 0 aliphatic rings. The third-order valence-corrected chi connectivity index (χ3v) is 2.93. The van der Waals surface area contributed by atoms with E-state index in [1.165, 1.54) is 0 Å². The molecule has 0 heterocycles. The first-order chi connectivity index (χ1) is 9.22. The fourth-order valence-corrected chi connectivity index (χ4v) is 1.77. The number of nitrogens with two attached hydrogens (primary N) is 1. The quantitative estimate of drug-likeness (QED) is 0.784. The van der Waals surface area contributed by atoms with Gasteiger partial charge in [-0.1, -0.05) is 23.8 Å². The maximum absolute atomic E-state index is 12.6. The van der Waals surface area contributed by atoms with Crippen molar-refractivity contribution in [1.82, 2.24) is 0 Å². The Morgan fingerprint density at radius 2 is 1.90 bits per heavy atom. The molecule has 0 saturated heterocycles. The maximum Gasteiger partial charge on any atom is 0.330 e. The van der Waals surface area contributed by atoms with Crippen LogP contribution in [0.1, 0.15) is 16.7 Å². The van der Waals surface area contributed by atoms with Gasteiger partial charge in [-0.05, 0) is 31.4 Å². The monoisotopic (exact) mass is 293 g/mol. The van der Waals surface area contributed by atoms with Crippen molar-refractivity contribution < 1.29 is 22.3 Å². The van der Waals surface area contributed by atoms with Crippen molar-refractivity contribution in [3.05, 3.63) is 34.9 Å². The molecule has 0 bridgehead atoms. The molecule has 114 valence electrons. The molecule has 2 N–H and O–H groups in total. The summed E-state index contributed by atoms with van der Waals surface area (Å²) in [5.41, 5.74) is 8.89. The number of halogens is 4. The van der Waals surface area contributed by atoms with Crippen LogP contribution in [0.3, 0.4) is 0 Å². The molecule has 1 aromatic carbocycles. The molecule has 0 saturated carbocycles. The zero-order valence-corrected chi connectivity index (χ0v) is 11.5. The van der Waals surface area contributed by atoms with E-state index in [0.717, 1.165) is 16.7 Å². The lowest BCUT2D eigenvalue weighted by Gasteiger charge is -2.18.